The van der Waals surface area contributed by atoms with E-state index in [1.165, 1.54) is 30.0 Å². The van der Waals surface area contributed by atoms with Crippen LogP contribution < -0.4 is 14.8 Å². The first kappa shape index (κ1) is 41.0. The summed E-state index contributed by atoms with van der Waals surface area (Å²) >= 11 is 0. The van der Waals surface area contributed by atoms with Crippen molar-refractivity contribution in [3.8, 4) is 22.6 Å². The van der Waals surface area contributed by atoms with E-state index >= 15 is 0 Å². The Morgan fingerprint density at radius 2 is 1.43 bits per heavy atom. The standard InChI is InChI=1S/C40H50N4O10/c1-25(2)35(41-37(48)52-24-32-30-15-11-9-13-28(30)29-14-10-12-16-31(29)32)36(47)44(23-34(45)46)22-26-17-18-27(51-8)21-33(26)53-38(49)42(6)19-20-43(7)39(50)54-40(3,4)5/h9-18,21,25,32,35H,19-20,22-24H2,1-8H3,(H,41,48)(H,45,46)/t35-/m0/s1. The van der Waals surface area contributed by atoms with Gasteiger partial charge in [-0.25, -0.2) is 14.4 Å². The number of carbonyl (C=O) groups is 5. The number of amides is 4. The molecule has 1 aliphatic carbocycles. The number of rotatable bonds is 14. The lowest BCUT2D eigenvalue weighted by molar-refractivity contribution is -0.146. The Morgan fingerprint density at radius 1 is 0.852 bits per heavy atom. The first-order valence-electron chi connectivity index (χ1n) is 17.6. The van der Waals surface area contributed by atoms with Crippen molar-refractivity contribution in [1.29, 1.82) is 0 Å². The molecule has 14 heteroatoms. The number of nitrogens with zero attached hydrogens (tertiary/aromatic N) is 3. The molecule has 0 bridgehead atoms. The van der Waals surface area contributed by atoms with Gasteiger partial charge < -0.3 is 44.1 Å². The maximum Gasteiger partial charge on any atom is 0.415 e. The summed E-state index contributed by atoms with van der Waals surface area (Å²) in [6.07, 6.45) is -2.14. The molecule has 0 heterocycles. The van der Waals surface area contributed by atoms with E-state index in [-0.39, 0.29) is 37.9 Å². The van der Waals surface area contributed by atoms with Crippen LogP contribution in [-0.4, -0.2) is 109 Å². The Kier molecular flexibility index (Phi) is 13.5. The summed E-state index contributed by atoms with van der Waals surface area (Å²) in [6.45, 7) is 8.02. The van der Waals surface area contributed by atoms with Crippen LogP contribution in [-0.2, 0) is 25.6 Å². The number of benzene rings is 3. The summed E-state index contributed by atoms with van der Waals surface area (Å²) in [6, 6.07) is 19.3. The van der Waals surface area contributed by atoms with Crippen molar-refractivity contribution in [3.05, 3.63) is 83.4 Å². The minimum atomic E-state index is -1.28. The van der Waals surface area contributed by atoms with Gasteiger partial charge in [-0.15, -0.1) is 0 Å². The number of hydrogen-bond donors (Lipinski definition) is 2. The summed E-state index contributed by atoms with van der Waals surface area (Å²) in [5.41, 5.74) is 3.84. The van der Waals surface area contributed by atoms with E-state index in [1.54, 1.807) is 53.8 Å². The van der Waals surface area contributed by atoms with Gasteiger partial charge >= 0.3 is 24.2 Å². The lowest BCUT2D eigenvalue weighted by Gasteiger charge is -2.29. The molecular weight excluding hydrogens is 696 g/mol. The molecular formula is C40H50N4O10. The molecule has 1 atom stereocenters. The van der Waals surface area contributed by atoms with Crippen LogP contribution in [0.4, 0.5) is 14.4 Å². The lowest BCUT2D eigenvalue weighted by Crippen LogP contribution is -2.52. The third kappa shape index (κ3) is 10.6. The first-order chi connectivity index (χ1) is 25.5. The van der Waals surface area contributed by atoms with Crippen LogP contribution in [0, 0.1) is 5.92 Å². The van der Waals surface area contributed by atoms with Gasteiger partial charge in [0.25, 0.3) is 0 Å². The van der Waals surface area contributed by atoms with Crippen LogP contribution in [0.25, 0.3) is 11.1 Å². The van der Waals surface area contributed by atoms with Crippen molar-refractivity contribution in [2.75, 3.05) is 47.4 Å². The van der Waals surface area contributed by atoms with E-state index in [0.29, 0.717) is 11.3 Å². The molecule has 0 saturated carbocycles. The van der Waals surface area contributed by atoms with Gasteiger partial charge in [0, 0.05) is 44.7 Å². The number of carbonyl (C=O) groups excluding carboxylic acids is 4. The third-order valence-electron chi connectivity index (χ3n) is 8.81. The fourth-order valence-electron chi connectivity index (χ4n) is 5.94. The molecule has 3 aromatic carbocycles. The molecule has 3 aromatic rings. The van der Waals surface area contributed by atoms with Gasteiger partial charge in [-0.1, -0.05) is 62.4 Å². The van der Waals surface area contributed by atoms with E-state index in [1.807, 2.05) is 48.5 Å². The second-order valence-corrected chi connectivity index (χ2v) is 14.4. The van der Waals surface area contributed by atoms with Gasteiger partial charge in [0.1, 0.15) is 36.3 Å². The minimum Gasteiger partial charge on any atom is -0.497 e. The summed E-state index contributed by atoms with van der Waals surface area (Å²) in [5.74, 6) is -2.22. The van der Waals surface area contributed by atoms with E-state index in [4.69, 9.17) is 18.9 Å². The van der Waals surface area contributed by atoms with Gasteiger partial charge in [0.2, 0.25) is 5.91 Å². The number of nitrogens with one attached hydrogen (secondary N) is 1. The highest BCUT2D eigenvalue weighted by molar-refractivity contribution is 5.88. The highest BCUT2D eigenvalue weighted by atomic mass is 16.6. The predicted octanol–water partition coefficient (Wildman–Crippen LogP) is 5.97. The van der Waals surface area contributed by atoms with Crippen molar-refractivity contribution in [1.82, 2.24) is 20.0 Å². The molecule has 0 aliphatic heterocycles. The van der Waals surface area contributed by atoms with Crippen LogP contribution in [0.3, 0.4) is 0 Å². The number of methoxy groups -OCH3 is 1. The largest absolute Gasteiger partial charge is 0.497 e. The molecule has 4 rings (SSSR count). The van der Waals surface area contributed by atoms with Gasteiger partial charge in [-0.05, 0) is 61.1 Å². The zero-order valence-electron chi connectivity index (χ0n) is 32.1. The Bertz CT molecular complexity index is 1790. The van der Waals surface area contributed by atoms with E-state index in [2.05, 4.69) is 5.32 Å². The maximum atomic E-state index is 14.0. The number of carboxylic acid groups (broad SMARTS) is 1. The SMILES string of the molecule is COc1ccc(CN(CC(=O)O)C(=O)[C@@H](NC(=O)OCC2c3ccccc3-c3ccccc32)C(C)C)c(OC(=O)N(C)CCN(C)C(=O)OC(C)(C)C)c1. The summed E-state index contributed by atoms with van der Waals surface area (Å²) in [4.78, 5) is 68.4. The lowest BCUT2D eigenvalue weighted by atomic mass is 9.98. The van der Waals surface area contributed by atoms with Gasteiger partial charge in [-0.2, -0.15) is 0 Å². The number of fused-ring (bicyclic) bond motifs is 3. The Labute approximate surface area is 315 Å². The Balaban J connectivity index is 1.46. The number of alkyl carbamates (subject to hydrolysis) is 1. The first-order valence-corrected chi connectivity index (χ1v) is 17.6. The molecule has 1 aliphatic rings. The van der Waals surface area contributed by atoms with Crippen LogP contribution in [0.5, 0.6) is 11.5 Å². The van der Waals surface area contributed by atoms with Crippen molar-refractivity contribution < 1.29 is 48.0 Å². The smallest absolute Gasteiger partial charge is 0.415 e. The van der Waals surface area contributed by atoms with E-state index in [9.17, 15) is 29.1 Å². The fraction of sp³-hybridized carbons (Fsp3) is 0.425. The van der Waals surface area contributed by atoms with Gasteiger partial charge in [0.15, 0.2) is 0 Å². The molecule has 0 saturated heterocycles. The summed E-state index contributed by atoms with van der Waals surface area (Å²) in [7, 11) is 4.48. The van der Waals surface area contributed by atoms with E-state index in [0.717, 1.165) is 27.2 Å². The summed E-state index contributed by atoms with van der Waals surface area (Å²) in [5, 5.41) is 12.5. The summed E-state index contributed by atoms with van der Waals surface area (Å²) < 4.78 is 22.1. The van der Waals surface area contributed by atoms with Crippen molar-refractivity contribution in [2.24, 2.45) is 5.92 Å². The zero-order chi connectivity index (χ0) is 39.7. The van der Waals surface area contributed by atoms with Crippen molar-refractivity contribution >= 4 is 30.2 Å². The maximum absolute atomic E-state index is 14.0. The molecule has 54 heavy (non-hydrogen) atoms. The molecule has 0 unspecified atom stereocenters. The fourth-order valence-corrected chi connectivity index (χ4v) is 5.94. The molecule has 0 spiro atoms. The molecule has 0 fully saturated rings. The Hall–Kier alpha value is -5.79. The number of carboxylic acids is 1. The van der Waals surface area contributed by atoms with Crippen LogP contribution >= 0.6 is 0 Å². The molecule has 290 valence electrons. The third-order valence-corrected chi connectivity index (χ3v) is 8.81. The highest BCUT2D eigenvalue weighted by Crippen LogP contribution is 2.44. The zero-order valence-corrected chi connectivity index (χ0v) is 32.1. The second-order valence-electron chi connectivity index (χ2n) is 14.4. The second kappa shape index (κ2) is 17.8. The highest BCUT2D eigenvalue weighted by Gasteiger charge is 2.33. The molecule has 0 aromatic heterocycles. The molecule has 4 amide bonds. The minimum absolute atomic E-state index is 0.0282. The quantitative estimate of drug-likeness (QED) is 0.201. The molecule has 2 N–H and O–H groups in total. The van der Waals surface area contributed by atoms with Crippen molar-refractivity contribution in [2.45, 2.75) is 58.7 Å². The van der Waals surface area contributed by atoms with Crippen LogP contribution in [0.1, 0.15) is 57.2 Å². The monoisotopic (exact) mass is 746 g/mol. The molecule has 0 radical (unpaired) electrons. The average Bonchev–Trinajstić information content (AvgIpc) is 3.44. The van der Waals surface area contributed by atoms with Gasteiger partial charge in [0.05, 0.1) is 13.7 Å². The van der Waals surface area contributed by atoms with E-state index < -0.39 is 54.3 Å². The number of aliphatic carboxylic acids is 1. The number of ether oxygens (including phenoxy) is 4. The van der Waals surface area contributed by atoms with Crippen molar-refractivity contribution in [3.63, 3.8) is 0 Å². The average molecular weight is 747 g/mol. The number of hydrogen-bond acceptors (Lipinski definition) is 9. The van der Waals surface area contributed by atoms with Crippen LogP contribution in [0.2, 0.25) is 0 Å². The van der Waals surface area contributed by atoms with Gasteiger partial charge in [-0.3, -0.25) is 9.59 Å². The topological polar surface area (TPSA) is 164 Å². The predicted molar refractivity (Wildman–Crippen MR) is 200 cm³/mol. The Morgan fingerprint density at radius 3 is 1.96 bits per heavy atom. The molecule has 14 nitrogen and oxygen atoms in total. The normalized spacial score (nSPS) is 12.5. The van der Waals surface area contributed by atoms with Crippen LogP contribution in [0.15, 0.2) is 66.7 Å². The number of likely N-dealkylation sites (N-methyl/N-ethyl adjacent to an activating group) is 2.